The Morgan fingerprint density at radius 3 is 2.28 bits per heavy atom. The lowest BCUT2D eigenvalue weighted by Crippen LogP contribution is -2.36. The van der Waals surface area contributed by atoms with Crippen LogP contribution in [0.15, 0.2) is 72.0 Å². The zero-order chi connectivity index (χ0) is 19.8. The molecule has 6 nitrogen and oxygen atoms in total. The fourth-order valence-electron chi connectivity index (χ4n) is 2.95. The molecule has 0 aliphatic rings. The summed E-state index contributed by atoms with van der Waals surface area (Å²) in [5.41, 5.74) is 4.89. The van der Waals surface area contributed by atoms with Crippen LogP contribution in [0.2, 0.25) is 0 Å². The molecule has 0 aliphatic heterocycles. The van der Waals surface area contributed by atoms with Gasteiger partial charge < -0.3 is 15.5 Å². The van der Waals surface area contributed by atoms with Gasteiger partial charge in [0.15, 0.2) is 5.96 Å². The second-order valence-corrected chi connectivity index (χ2v) is 6.81. The quantitative estimate of drug-likeness (QED) is 0.294. The Bertz CT molecular complexity index is 888. The molecular weight excluding hydrogens is 475 g/mol. The molecule has 154 valence electrons. The van der Waals surface area contributed by atoms with E-state index in [9.17, 15) is 0 Å². The number of nitrogens with zero attached hydrogens (tertiary/aromatic N) is 4. The average Bonchev–Trinajstić information content (AvgIpc) is 3.22. The topological polar surface area (TPSA) is 57.5 Å². The van der Waals surface area contributed by atoms with Crippen LogP contribution in [0.1, 0.15) is 16.7 Å². The van der Waals surface area contributed by atoms with Gasteiger partial charge >= 0.3 is 0 Å². The van der Waals surface area contributed by atoms with Crippen LogP contribution in [0.3, 0.4) is 0 Å². The summed E-state index contributed by atoms with van der Waals surface area (Å²) in [7, 11) is 5.88. The number of aliphatic imine (C=N–C) groups is 1. The third-order valence-corrected chi connectivity index (χ3v) is 4.59. The fourth-order valence-corrected chi connectivity index (χ4v) is 2.95. The Morgan fingerprint density at radius 1 is 0.966 bits per heavy atom. The summed E-state index contributed by atoms with van der Waals surface area (Å²) in [6.07, 6.45) is 3.78. The molecule has 3 aromatic rings. The Labute approximate surface area is 190 Å². The number of hydrogen-bond donors (Lipinski definition) is 2. The van der Waals surface area contributed by atoms with Gasteiger partial charge in [0.25, 0.3) is 0 Å². The minimum Gasteiger partial charge on any atom is -0.378 e. The number of anilines is 1. The minimum absolute atomic E-state index is 0. The van der Waals surface area contributed by atoms with Gasteiger partial charge in [0, 0.05) is 52.3 Å². The van der Waals surface area contributed by atoms with Crippen LogP contribution >= 0.6 is 24.0 Å². The standard InChI is InChI=1S/C22H28N6.HI/c1-23-22(24-15-18-9-11-21(12-10-18)27(2)3)25-16-19-7-4-5-8-20(19)17-28-14-6-13-26-28;/h4-14H,15-17H2,1-3H3,(H2,23,24,25);1H. The molecule has 0 radical (unpaired) electrons. The molecule has 3 rings (SSSR count). The largest absolute Gasteiger partial charge is 0.378 e. The van der Waals surface area contributed by atoms with Gasteiger partial charge in [-0.05, 0) is 34.9 Å². The lowest BCUT2D eigenvalue weighted by atomic mass is 10.1. The van der Waals surface area contributed by atoms with Crippen molar-refractivity contribution < 1.29 is 0 Å². The highest BCUT2D eigenvalue weighted by Crippen LogP contribution is 2.12. The fraction of sp³-hybridized carbons (Fsp3) is 0.273. The van der Waals surface area contributed by atoms with Gasteiger partial charge in [-0.2, -0.15) is 5.10 Å². The van der Waals surface area contributed by atoms with Crippen molar-refractivity contribution in [1.82, 2.24) is 20.4 Å². The Hall–Kier alpha value is -2.55. The van der Waals surface area contributed by atoms with Gasteiger partial charge in [0.2, 0.25) is 0 Å². The highest BCUT2D eigenvalue weighted by molar-refractivity contribution is 14.0. The number of rotatable bonds is 7. The van der Waals surface area contributed by atoms with E-state index in [-0.39, 0.29) is 24.0 Å². The monoisotopic (exact) mass is 504 g/mol. The van der Waals surface area contributed by atoms with Crippen molar-refractivity contribution in [2.24, 2.45) is 4.99 Å². The number of guanidine groups is 1. The van der Waals surface area contributed by atoms with E-state index in [1.807, 2.05) is 31.0 Å². The number of benzene rings is 2. The summed E-state index contributed by atoms with van der Waals surface area (Å²) in [5, 5.41) is 11.1. The van der Waals surface area contributed by atoms with Gasteiger partial charge in [0.1, 0.15) is 0 Å². The van der Waals surface area contributed by atoms with E-state index >= 15 is 0 Å². The van der Waals surface area contributed by atoms with Crippen LogP contribution in [-0.4, -0.2) is 36.9 Å². The summed E-state index contributed by atoms with van der Waals surface area (Å²) < 4.78 is 1.93. The molecule has 0 fully saturated rings. The summed E-state index contributed by atoms with van der Waals surface area (Å²) in [6.45, 7) is 2.19. The first-order valence-electron chi connectivity index (χ1n) is 9.40. The number of halogens is 1. The summed E-state index contributed by atoms with van der Waals surface area (Å²) >= 11 is 0. The van der Waals surface area contributed by atoms with Crippen molar-refractivity contribution >= 4 is 35.6 Å². The highest BCUT2D eigenvalue weighted by atomic mass is 127. The lowest BCUT2D eigenvalue weighted by molar-refractivity contribution is 0.677. The maximum Gasteiger partial charge on any atom is 0.191 e. The Morgan fingerprint density at radius 2 is 1.66 bits per heavy atom. The van der Waals surface area contributed by atoms with Crippen LogP contribution < -0.4 is 15.5 Å². The first-order chi connectivity index (χ1) is 13.7. The molecule has 1 heterocycles. The molecular formula is C22H29IN6. The predicted octanol–water partition coefficient (Wildman–Crippen LogP) is 3.48. The van der Waals surface area contributed by atoms with E-state index in [0.717, 1.165) is 19.0 Å². The SMILES string of the molecule is CN=C(NCc1ccc(N(C)C)cc1)NCc1ccccc1Cn1cccn1.I. The van der Waals surface area contributed by atoms with Crippen molar-refractivity contribution in [3.05, 3.63) is 83.7 Å². The minimum atomic E-state index is 0. The van der Waals surface area contributed by atoms with Crippen LogP contribution in [0.4, 0.5) is 5.69 Å². The van der Waals surface area contributed by atoms with Gasteiger partial charge in [-0.1, -0.05) is 36.4 Å². The second kappa shape index (κ2) is 11.5. The molecule has 1 aromatic heterocycles. The summed E-state index contributed by atoms with van der Waals surface area (Å²) in [6, 6.07) is 18.9. The van der Waals surface area contributed by atoms with Crippen molar-refractivity contribution in [2.75, 3.05) is 26.0 Å². The molecule has 0 atom stereocenters. The van der Waals surface area contributed by atoms with E-state index in [1.165, 1.54) is 22.4 Å². The molecule has 7 heteroatoms. The lowest BCUT2D eigenvalue weighted by Gasteiger charge is -2.15. The second-order valence-electron chi connectivity index (χ2n) is 6.81. The first kappa shape index (κ1) is 22.7. The zero-order valence-electron chi connectivity index (χ0n) is 17.2. The average molecular weight is 504 g/mol. The van der Waals surface area contributed by atoms with E-state index in [0.29, 0.717) is 6.54 Å². The summed E-state index contributed by atoms with van der Waals surface area (Å²) in [5.74, 6) is 0.783. The van der Waals surface area contributed by atoms with Gasteiger partial charge in [0.05, 0.1) is 6.54 Å². The number of aromatic nitrogens is 2. The zero-order valence-corrected chi connectivity index (χ0v) is 19.5. The Kier molecular flexibility index (Phi) is 8.98. The van der Waals surface area contributed by atoms with Gasteiger partial charge in [-0.25, -0.2) is 0 Å². The van der Waals surface area contributed by atoms with E-state index in [2.05, 4.69) is 74.2 Å². The van der Waals surface area contributed by atoms with Crippen LogP contribution in [-0.2, 0) is 19.6 Å². The van der Waals surface area contributed by atoms with E-state index in [1.54, 1.807) is 13.2 Å². The third-order valence-electron chi connectivity index (χ3n) is 4.59. The van der Waals surface area contributed by atoms with Gasteiger partial charge in [-0.3, -0.25) is 9.67 Å². The van der Waals surface area contributed by atoms with Crippen molar-refractivity contribution in [3.63, 3.8) is 0 Å². The molecule has 0 unspecified atom stereocenters. The van der Waals surface area contributed by atoms with Crippen molar-refractivity contribution in [3.8, 4) is 0 Å². The first-order valence-corrected chi connectivity index (χ1v) is 9.40. The molecule has 0 saturated carbocycles. The molecule has 0 saturated heterocycles. The molecule has 2 N–H and O–H groups in total. The van der Waals surface area contributed by atoms with Crippen molar-refractivity contribution in [1.29, 1.82) is 0 Å². The highest BCUT2D eigenvalue weighted by Gasteiger charge is 2.05. The van der Waals surface area contributed by atoms with E-state index in [4.69, 9.17) is 0 Å². The Balaban J connectivity index is 0.00000300. The van der Waals surface area contributed by atoms with Crippen molar-refractivity contribution in [2.45, 2.75) is 19.6 Å². The smallest absolute Gasteiger partial charge is 0.191 e. The van der Waals surface area contributed by atoms with E-state index < -0.39 is 0 Å². The predicted molar refractivity (Wildman–Crippen MR) is 131 cm³/mol. The third kappa shape index (κ3) is 6.77. The molecule has 0 bridgehead atoms. The summed E-state index contributed by atoms with van der Waals surface area (Å²) in [4.78, 5) is 6.43. The normalized spacial score (nSPS) is 10.9. The van der Waals surface area contributed by atoms with Crippen LogP contribution in [0.5, 0.6) is 0 Å². The molecule has 29 heavy (non-hydrogen) atoms. The molecule has 0 spiro atoms. The number of hydrogen-bond acceptors (Lipinski definition) is 3. The van der Waals surface area contributed by atoms with Crippen LogP contribution in [0.25, 0.3) is 0 Å². The molecule has 0 aliphatic carbocycles. The number of nitrogens with one attached hydrogen (secondary N) is 2. The van der Waals surface area contributed by atoms with Gasteiger partial charge in [-0.15, -0.1) is 24.0 Å². The maximum absolute atomic E-state index is 4.34. The maximum atomic E-state index is 4.34. The molecule has 2 aromatic carbocycles. The van der Waals surface area contributed by atoms with Crippen LogP contribution in [0, 0.1) is 0 Å². The molecule has 0 amide bonds.